The summed E-state index contributed by atoms with van der Waals surface area (Å²) in [6, 6.07) is 0. The highest BCUT2D eigenvalue weighted by atomic mass is 32.1. The van der Waals surface area contributed by atoms with Gasteiger partial charge in [-0.25, -0.2) is 4.98 Å². The van der Waals surface area contributed by atoms with Crippen LogP contribution in [-0.2, 0) is 0 Å². The fourth-order valence-corrected chi connectivity index (χ4v) is 1.58. The molecule has 0 fully saturated rings. The Morgan fingerprint density at radius 1 is 1.20 bits per heavy atom. The molecule has 0 aliphatic rings. The lowest BCUT2D eigenvalue weighted by atomic mass is 10.3. The van der Waals surface area contributed by atoms with E-state index in [1.54, 1.807) is 11.3 Å². The first-order valence-electron chi connectivity index (χ1n) is 5.38. The summed E-state index contributed by atoms with van der Waals surface area (Å²) >= 11 is 1.55. The van der Waals surface area contributed by atoms with E-state index in [0.717, 1.165) is 15.6 Å². The zero-order valence-electron chi connectivity index (χ0n) is 10.6. The van der Waals surface area contributed by atoms with Gasteiger partial charge in [0.05, 0.1) is 15.6 Å². The number of allylic oxidation sites excluding steroid dienone is 1. The SMILES string of the molecule is C/C=C\c1nc(C)sc1C=N.CC.CC. The minimum Gasteiger partial charge on any atom is -0.307 e. The second kappa shape index (κ2) is 11.1. The van der Waals surface area contributed by atoms with Crippen LogP contribution in [0.5, 0.6) is 0 Å². The molecule has 0 aliphatic carbocycles. The van der Waals surface area contributed by atoms with Crippen LogP contribution >= 0.6 is 11.3 Å². The third kappa shape index (κ3) is 6.18. The van der Waals surface area contributed by atoms with Crippen molar-refractivity contribution in [3.05, 3.63) is 21.7 Å². The Morgan fingerprint density at radius 3 is 2.13 bits per heavy atom. The molecule has 0 aromatic carbocycles. The molecule has 0 atom stereocenters. The van der Waals surface area contributed by atoms with Crippen molar-refractivity contribution in [3.8, 4) is 0 Å². The monoisotopic (exact) mass is 226 g/mol. The number of aryl methyl sites for hydroxylation is 1. The number of aromatic nitrogens is 1. The number of hydrogen-bond acceptors (Lipinski definition) is 3. The first kappa shape index (κ1) is 16.5. The number of hydrogen-bond donors (Lipinski definition) is 1. The molecule has 0 bridgehead atoms. The van der Waals surface area contributed by atoms with E-state index >= 15 is 0 Å². The summed E-state index contributed by atoms with van der Waals surface area (Å²) in [5.41, 5.74) is 0.907. The number of nitrogens with one attached hydrogen (secondary N) is 1. The summed E-state index contributed by atoms with van der Waals surface area (Å²) < 4.78 is 0. The van der Waals surface area contributed by atoms with E-state index in [1.807, 2.05) is 53.7 Å². The molecule has 1 aromatic heterocycles. The molecule has 0 saturated carbocycles. The Hall–Kier alpha value is -0.960. The molecule has 1 heterocycles. The minimum atomic E-state index is 0.907. The van der Waals surface area contributed by atoms with Crippen molar-refractivity contribution < 1.29 is 0 Å². The Bertz CT molecular complexity index is 288. The van der Waals surface area contributed by atoms with E-state index in [4.69, 9.17) is 5.41 Å². The van der Waals surface area contributed by atoms with Crippen LogP contribution in [-0.4, -0.2) is 11.2 Å². The summed E-state index contributed by atoms with van der Waals surface area (Å²) in [7, 11) is 0. The van der Waals surface area contributed by atoms with Gasteiger partial charge in [0, 0.05) is 6.21 Å². The molecule has 0 spiro atoms. The first-order chi connectivity index (χ1) is 7.27. The van der Waals surface area contributed by atoms with Gasteiger partial charge >= 0.3 is 0 Å². The Morgan fingerprint density at radius 2 is 1.73 bits per heavy atom. The molecule has 0 amide bonds. The summed E-state index contributed by atoms with van der Waals surface area (Å²) in [4.78, 5) is 5.18. The maximum Gasteiger partial charge on any atom is 0.0908 e. The van der Waals surface area contributed by atoms with Gasteiger partial charge in [0.1, 0.15) is 0 Å². The predicted octanol–water partition coefficient (Wildman–Crippen LogP) is 4.53. The van der Waals surface area contributed by atoms with Crippen molar-refractivity contribution in [2.75, 3.05) is 0 Å². The molecule has 2 nitrogen and oxygen atoms in total. The first-order valence-corrected chi connectivity index (χ1v) is 6.20. The molecule has 0 radical (unpaired) electrons. The van der Waals surface area contributed by atoms with Gasteiger partial charge in [-0.05, 0) is 19.9 Å². The van der Waals surface area contributed by atoms with E-state index in [1.165, 1.54) is 6.21 Å². The second-order valence-electron chi connectivity index (χ2n) is 2.13. The van der Waals surface area contributed by atoms with Crippen LogP contribution in [0.15, 0.2) is 6.08 Å². The molecular weight excluding hydrogens is 204 g/mol. The van der Waals surface area contributed by atoms with Gasteiger partial charge in [-0.15, -0.1) is 11.3 Å². The minimum absolute atomic E-state index is 0.907. The molecule has 15 heavy (non-hydrogen) atoms. The summed E-state index contributed by atoms with van der Waals surface area (Å²) in [6.45, 7) is 11.9. The second-order valence-corrected chi connectivity index (χ2v) is 3.36. The lowest BCUT2D eigenvalue weighted by Crippen LogP contribution is -1.78. The van der Waals surface area contributed by atoms with Gasteiger partial charge in [-0.1, -0.05) is 33.8 Å². The molecule has 1 aromatic rings. The summed E-state index contributed by atoms with van der Waals surface area (Å²) in [5.74, 6) is 0. The van der Waals surface area contributed by atoms with Gasteiger partial charge < -0.3 is 5.41 Å². The molecule has 0 saturated heterocycles. The van der Waals surface area contributed by atoms with E-state index < -0.39 is 0 Å². The molecule has 1 rings (SSSR count). The Labute approximate surface area is 97.6 Å². The van der Waals surface area contributed by atoms with Crippen LogP contribution in [0.4, 0.5) is 0 Å². The average molecular weight is 226 g/mol. The van der Waals surface area contributed by atoms with Gasteiger partial charge in [0.15, 0.2) is 0 Å². The van der Waals surface area contributed by atoms with Crippen LogP contribution in [0.2, 0.25) is 0 Å². The zero-order valence-corrected chi connectivity index (χ0v) is 11.4. The van der Waals surface area contributed by atoms with Crippen LogP contribution < -0.4 is 0 Å². The van der Waals surface area contributed by atoms with Gasteiger partial charge in [0.2, 0.25) is 0 Å². The largest absolute Gasteiger partial charge is 0.307 e. The smallest absolute Gasteiger partial charge is 0.0908 e. The predicted molar refractivity (Wildman–Crippen MR) is 72.1 cm³/mol. The molecule has 3 heteroatoms. The van der Waals surface area contributed by atoms with Gasteiger partial charge in [-0.2, -0.15) is 0 Å². The lowest BCUT2D eigenvalue weighted by molar-refractivity contribution is 1.27. The highest BCUT2D eigenvalue weighted by molar-refractivity contribution is 7.13. The van der Waals surface area contributed by atoms with E-state index in [-0.39, 0.29) is 0 Å². The Kier molecular flexibility index (Phi) is 12.2. The average Bonchev–Trinajstić information content (AvgIpc) is 2.65. The van der Waals surface area contributed by atoms with Crippen LogP contribution in [0.3, 0.4) is 0 Å². The standard InChI is InChI=1S/C8H10N2S.2C2H6/c1-3-4-7-8(5-9)11-6(2)10-7;2*1-2/h3-5,9H,1-2H3;2*1-2H3/b4-3-,9-5?;;. The molecular formula is C12H22N2S. The maximum absolute atomic E-state index is 7.09. The third-order valence-electron chi connectivity index (χ3n) is 1.24. The van der Waals surface area contributed by atoms with Crippen molar-refractivity contribution in [2.24, 2.45) is 0 Å². The van der Waals surface area contributed by atoms with Crippen molar-refractivity contribution in [1.82, 2.24) is 4.98 Å². The maximum atomic E-state index is 7.09. The fourth-order valence-electron chi connectivity index (χ4n) is 0.840. The van der Waals surface area contributed by atoms with Crippen LogP contribution in [0.1, 0.15) is 50.2 Å². The van der Waals surface area contributed by atoms with Crippen molar-refractivity contribution >= 4 is 23.6 Å². The highest BCUT2D eigenvalue weighted by Crippen LogP contribution is 2.16. The van der Waals surface area contributed by atoms with Gasteiger partial charge in [0.25, 0.3) is 0 Å². The third-order valence-corrected chi connectivity index (χ3v) is 2.18. The summed E-state index contributed by atoms with van der Waals surface area (Å²) in [5, 5.41) is 8.10. The summed E-state index contributed by atoms with van der Waals surface area (Å²) in [6.07, 6.45) is 5.20. The van der Waals surface area contributed by atoms with E-state index in [9.17, 15) is 0 Å². The van der Waals surface area contributed by atoms with E-state index in [0.29, 0.717) is 0 Å². The van der Waals surface area contributed by atoms with Gasteiger partial charge in [-0.3, -0.25) is 0 Å². The number of nitrogens with zero attached hydrogens (tertiary/aromatic N) is 1. The topological polar surface area (TPSA) is 36.7 Å². The lowest BCUT2D eigenvalue weighted by Gasteiger charge is -1.83. The molecule has 1 N–H and O–H groups in total. The molecule has 86 valence electrons. The Balaban J connectivity index is 0. The van der Waals surface area contributed by atoms with Crippen LogP contribution in [0, 0.1) is 12.3 Å². The number of rotatable bonds is 2. The quantitative estimate of drug-likeness (QED) is 0.739. The molecule has 0 aliphatic heterocycles. The van der Waals surface area contributed by atoms with Crippen molar-refractivity contribution in [2.45, 2.75) is 41.5 Å². The zero-order chi connectivity index (χ0) is 12.3. The number of thiazole rings is 1. The van der Waals surface area contributed by atoms with E-state index in [2.05, 4.69) is 4.98 Å². The molecule has 0 unspecified atom stereocenters. The normalized spacial score (nSPS) is 8.67. The van der Waals surface area contributed by atoms with Crippen LogP contribution in [0.25, 0.3) is 6.08 Å². The van der Waals surface area contributed by atoms with Crippen molar-refractivity contribution in [3.63, 3.8) is 0 Å². The highest BCUT2D eigenvalue weighted by Gasteiger charge is 2.01. The van der Waals surface area contributed by atoms with Crippen molar-refractivity contribution in [1.29, 1.82) is 5.41 Å². The fraction of sp³-hybridized carbons (Fsp3) is 0.500.